The first-order valence-electron chi connectivity index (χ1n) is 7.90. The fourth-order valence-corrected chi connectivity index (χ4v) is 2.37. The van der Waals surface area contributed by atoms with Crippen molar-refractivity contribution in [3.63, 3.8) is 0 Å². The molecule has 0 aliphatic carbocycles. The first kappa shape index (κ1) is 17.5. The minimum absolute atomic E-state index is 0.0362. The summed E-state index contributed by atoms with van der Waals surface area (Å²) in [7, 11) is 0. The Morgan fingerprint density at radius 1 is 1.25 bits per heavy atom. The molecule has 2 rings (SSSR count). The number of carbonyl (C=O) groups is 2. The van der Waals surface area contributed by atoms with Crippen LogP contribution in [-0.2, 0) is 11.2 Å². The number of nitrogens with one attached hydrogen (secondary N) is 2. The number of rotatable bonds is 7. The van der Waals surface area contributed by atoms with Gasteiger partial charge in [0.05, 0.1) is 5.69 Å². The predicted octanol–water partition coefficient (Wildman–Crippen LogP) is 1.22. The van der Waals surface area contributed by atoms with Gasteiger partial charge in [0.1, 0.15) is 6.04 Å². The van der Waals surface area contributed by atoms with Crippen molar-refractivity contribution in [3.05, 3.63) is 48.3 Å². The van der Waals surface area contributed by atoms with Crippen LogP contribution in [-0.4, -0.2) is 34.3 Å². The Bertz CT molecular complexity index is 665. The van der Waals surface area contributed by atoms with Crippen LogP contribution in [0.1, 0.15) is 19.4 Å². The molecule has 3 amide bonds. The van der Waals surface area contributed by atoms with Gasteiger partial charge in [-0.25, -0.2) is 9.48 Å². The molecule has 7 nitrogen and oxygen atoms in total. The van der Waals surface area contributed by atoms with E-state index in [2.05, 4.69) is 15.7 Å². The highest BCUT2D eigenvalue weighted by atomic mass is 16.2. The second-order valence-electron chi connectivity index (χ2n) is 5.89. The van der Waals surface area contributed by atoms with Crippen LogP contribution in [0.3, 0.4) is 0 Å². The smallest absolute Gasteiger partial charge is 0.312 e. The number of nitrogens with zero attached hydrogens (tertiary/aromatic N) is 2. The van der Waals surface area contributed by atoms with Gasteiger partial charge in [-0.15, -0.1) is 0 Å². The molecule has 2 aromatic rings. The average molecular weight is 329 g/mol. The van der Waals surface area contributed by atoms with E-state index in [1.807, 2.05) is 50.4 Å². The van der Waals surface area contributed by atoms with Crippen LogP contribution in [0.4, 0.5) is 4.79 Å². The maximum Gasteiger partial charge on any atom is 0.312 e. The van der Waals surface area contributed by atoms with Crippen LogP contribution in [0, 0.1) is 5.92 Å². The number of aromatic nitrogens is 2. The average Bonchev–Trinajstić information content (AvgIpc) is 3.07. The van der Waals surface area contributed by atoms with Gasteiger partial charge in [-0.05, 0) is 36.1 Å². The third-order valence-corrected chi connectivity index (χ3v) is 3.67. The van der Waals surface area contributed by atoms with Crippen LogP contribution in [0.5, 0.6) is 0 Å². The highest BCUT2D eigenvalue weighted by Crippen LogP contribution is 2.09. The number of carbonyl (C=O) groups excluding carboxylic acids is 2. The van der Waals surface area contributed by atoms with Crippen molar-refractivity contribution in [1.29, 1.82) is 0 Å². The van der Waals surface area contributed by atoms with E-state index in [4.69, 9.17) is 5.73 Å². The number of hydrogen-bond donors (Lipinski definition) is 3. The van der Waals surface area contributed by atoms with E-state index in [-0.39, 0.29) is 11.8 Å². The fourth-order valence-electron chi connectivity index (χ4n) is 2.37. The standard InChI is InChI=1S/C17H23N5O2/c1-12(2)15(21-17(18)24)16(23)19-10-8-13-4-6-14(7-5-13)22-11-3-9-20-22/h3-7,9,11-12,15H,8,10H2,1-2H3,(H,19,23)(H3,18,21,24)/t15-/m0/s1. The number of urea groups is 1. The van der Waals surface area contributed by atoms with E-state index in [0.717, 1.165) is 11.3 Å². The molecule has 24 heavy (non-hydrogen) atoms. The molecule has 0 bridgehead atoms. The van der Waals surface area contributed by atoms with Gasteiger partial charge in [0.15, 0.2) is 0 Å². The molecule has 0 aliphatic heterocycles. The molecule has 7 heteroatoms. The summed E-state index contributed by atoms with van der Waals surface area (Å²) in [5.74, 6) is -0.261. The zero-order chi connectivity index (χ0) is 17.5. The molecule has 0 fully saturated rings. The highest BCUT2D eigenvalue weighted by Gasteiger charge is 2.22. The van der Waals surface area contributed by atoms with Crippen molar-refractivity contribution < 1.29 is 9.59 Å². The van der Waals surface area contributed by atoms with E-state index in [1.54, 1.807) is 10.9 Å². The summed E-state index contributed by atoms with van der Waals surface area (Å²) in [4.78, 5) is 23.1. The van der Waals surface area contributed by atoms with Crippen LogP contribution >= 0.6 is 0 Å². The lowest BCUT2D eigenvalue weighted by Gasteiger charge is -2.20. The summed E-state index contributed by atoms with van der Waals surface area (Å²) in [5.41, 5.74) is 7.20. The van der Waals surface area contributed by atoms with Crippen molar-refractivity contribution in [3.8, 4) is 5.69 Å². The van der Waals surface area contributed by atoms with E-state index in [1.165, 1.54) is 0 Å². The Hall–Kier alpha value is -2.83. The summed E-state index contributed by atoms with van der Waals surface area (Å²) < 4.78 is 1.79. The van der Waals surface area contributed by atoms with Crippen molar-refractivity contribution in [2.24, 2.45) is 11.7 Å². The maximum absolute atomic E-state index is 12.1. The van der Waals surface area contributed by atoms with Gasteiger partial charge < -0.3 is 16.4 Å². The Morgan fingerprint density at radius 3 is 2.50 bits per heavy atom. The second kappa shape index (κ2) is 8.14. The number of benzene rings is 1. The molecule has 1 aromatic carbocycles. The Balaban J connectivity index is 1.85. The lowest BCUT2D eigenvalue weighted by Crippen LogP contribution is -2.51. The van der Waals surface area contributed by atoms with Gasteiger partial charge in [0.25, 0.3) is 0 Å². The number of hydrogen-bond acceptors (Lipinski definition) is 3. The molecule has 128 valence electrons. The van der Waals surface area contributed by atoms with E-state index in [9.17, 15) is 9.59 Å². The highest BCUT2D eigenvalue weighted by molar-refractivity contribution is 5.86. The number of primary amides is 1. The van der Waals surface area contributed by atoms with Crippen LogP contribution < -0.4 is 16.4 Å². The number of nitrogens with two attached hydrogens (primary N) is 1. The van der Waals surface area contributed by atoms with Gasteiger partial charge >= 0.3 is 6.03 Å². The normalized spacial score (nSPS) is 12.0. The monoisotopic (exact) mass is 329 g/mol. The molecule has 0 radical (unpaired) electrons. The van der Waals surface area contributed by atoms with Gasteiger partial charge in [0, 0.05) is 18.9 Å². The fraction of sp³-hybridized carbons (Fsp3) is 0.353. The Kier molecular flexibility index (Phi) is 5.95. The van der Waals surface area contributed by atoms with Gasteiger partial charge in [-0.2, -0.15) is 5.10 Å². The summed E-state index contributed by atoms with van der Waals surface area (Å²) >= 11 is 0. The number of amides is 3. The van der Waals surface area contributed by atoms with Gasteiger partial charge in [0.2, 0.25) is 5.91 Å². The largest absolute Gasteiger partial charge is 0.354 e. The molecule has 4 N–H and O–H groups in total. The lowest BCUT2D eigenvalue weighted by molar-refractivity contribution is -0.123. The summed E-state index contributed by atoms with van der Waals surface area (Å²) in [5, 5.41) is 9.48. The first-order chi connectivity index (χ1) is 11.5. The van der Waals surface area contributed by atoms with Crippen molar-refractivity contribution >= 4 is 11.9 Å². The predicted molar refractivity (Wildman–Crippen MR) is 91.6 cm³/mol. The molecular weight excluding hydrogens is 306 g/mol. The van der Waals surface area contributed by atoms with Gasteiger partial charge in [-0.3, -0.25) is 4.79 Å². The molecule has 1 aromatic heterocycles. The molecule has 1 heterocycles. The van der Waals surface area contributed by atoms with Crippen molar-refractivity contribution in [2.75, 3.05) is 6.54 Å². The zero-order valence-corrected chi connectivity index (χ0v) is 13.9. The third-order valence-electron chi connectivity index (χ3n) is 3.67. The minimum Gasteiger partial charge on any atom is -0.354 e. The summed E-state index contributed by atoms with van der Waals surface area (Å²) in [6.07, 6.45) is 4.31. The molecule has 0 saturated carbocycles. The molecule has 0 spiro atoms. The Labute approximate surface area is 141 Å². The maximum atomic E-state index is 12.1. The summed E-state index contributed by atoms with van der Waals surface area (Å²) in [6.45, 7) is 4.20. The zero-order valence-electron chi connectivity index (χ0n) is 13.9. The SMILES string of the molecule is CC(C)[C@H](NC(N)=O)C(=O)NCCc1ccc(-n2cccn2)cc1. The molecule has 0 saturated heterocycles. The molecular formula is C17H23N5O2. The van der Waals surface area contributed by atoms with Crippen LogP contribution in [0.15, 0.2) is 42.7 Å². The van der Waals surface area contributed by atoms with E-state index in [0.29, 0.717) is 13.0 Å². The van der Waals surface area contributed by atoms with E-state index < -0.39 is 12.1 Å². The van der Waals surface area contributed by atoms with Crippen LogP contribution in [0.25, 0.3) is 5.69 Å². The van der Waals surface area contributed by atoms with Gasteiger partial charge in [-0.1, -0.05) is 26.0 Å². The minimum atomic E-state index is -0.696. The van der Waals surface area contributed by atoms with Crippen molar-refractivity contribution in [1.82, 2.24) is 20.4 Å². The Morgan fingerprint density at radius 2 is 1.96 bits per heavy atom. The third kappa shape index (κ3) is 4.84. The van der Waals surface area contributed by atoms with Crippen LogP contribution in [0.2, 0.25) is 0 Å². The van der Waals surface area contributed by atoms with E-state index >= 15 is 0 Å². The van der Waals surface area contributed by atoms with Crippen molar-refractivity contribution in [2.45, 2.75) is 26.3 Å². The topological polar surface area (TPSA) is 102 Å². The quantitative estimate of drug-likeness (QED) is 0.712. The second-order valence-corrected chi connectivity index (χ2v) is 5.89. The molecule has 1 atom stereocenters. The lowest BCUT2D eigenvalue weighted by atomic mass is 10.0. The summed E-state index contributed by atoms with van der Waals surface area (Å²) in [6, 6.07) is 8.53. The molecule has 0 unspecified atom stereocenters. The molecule has 0 aliphatic rings. The first-order valence-corrected chi connectivity index (χ1v) is 7.90.